The molecule has 3 aromatic rings. The predicted molar refractivity (Wildman–Crippen MR) is 120 cm³/mol. The Morgan fingerprint density at radius 1 is 1.00 bits per heavy atom. The van der Waals surface area contributed by atoms with E-state index in [4.69, 9.17) is 4.74 Å². The summed E-state index contributed by atoms with van der Waals surface area (Å²) in [6.07, 6.45) is 2.00. The number of ether oxygens (including phenoxy) is 1. The van der Waals surface area contributed by atoms with Crippen molar-refractivity contribution in [2.24, 2.45) is 0 Å². The van der Waals surface area contributed by atoms with E-state index in [1.54, 1.807) is 6.07 Å². The number of rotatable bonds is 5. The van der Waals surface area contributed by atoms with Crippen molar-refractivity contribution in [3.63, 3.8) is 0 Å². The highest BCUT2D eigenvalue weighted by atomic mass is 79.9. The summed E-state index contributed by atoms with van der Waals surface area (Å²) in [6, 6.07) is 23.6. The fourth-order valence-corrected chi connectivity index (χ4v) is 3.93. The molecule has 1 aliphatic rings. The summed E-state index contributed by atoms with van der Waals surface area (Å²) in [4.78, 5) is 0. The third-order valence-corrected chi connectivity index (χ3v) is 5.40. The number of phenols is 1. The van der Waals surface area contributed by atoms with Crippen LogP contribution in [0.25, 0.3) is 5.70 Å². The Morgan fingerprint density at radius 2 is 1.79 bits per heavy atom. The maximum atomic E-state index is 10.4. The lowest BCUT2D eigenvalue weighted by Crippen LogP contribution is -2.39. The van der Waals surface area contributed by atoms with Crippen molar-refractivity contribution < 1.29 is 9.84 Å². The zero-order chi connectivity index (χ0) is 20.2. The largest absolute Gasteiger partial charge is 0.508 e. The van der Waals surface area contributed by atoms with E-state index in [0.29, 0.717) is 6.61 Å². The first-order valence-corrected chi connectivity index (χ1v) is 10.4. The molecule has 4 rings (SSSR count). The number of benzene rings is 3. The van der Waals surface area contributed by atoms with Crippen LogP contribution in [0.2, 0.25) is 0 Å². The van der Waals surface area contributed by atoms with Crippen molar-refractivity contribution in [2.45, 2.75) is 19.1 Å². The van der Waals surface area contributed by atoms with Gasteiger partial charge in [0.15, 0.2) is 0 Å². The van der Waals surface area contributed by atoms with Crippen molar-refractivity contribution in [2.75, 3.05) is 6.61 Å². The van der Waals surface area contributed by atoms with Crippen LogP contribution >= 0.6 is 15.9 Å². The molecular weight excluding hydrogens is 428 g/mol. The first-order valence-electron chi connectivity index (χ1n) is 9.65. The quantitative estimate of drug-likeness (QED) is 0.478. The minimum Gasteiger partial charge on any atom is -0.508 e. The zero-order valence-corrected chi connectivity index (χ0v) is 17.7. The van der Waals surface area contributed by atoms with Crippen LogP contribution in [-0.2, 0) is 0 Å². The molecule has 0 spiro atoms. The molecule has 0 saturated carbocycles. The van der Waals surface area contributed by atoms with Crippen LogP contribution in [0, 0.1) is 0 Å². The maximum absolute atomic E-state index is 10.4. The molecule has 2 atom stereocenters. The number of para-hydroxylation sites is 1. The Hall–Kier alpha value is -2.76. The first kappa shape index (κ1) is 19.6. The van der Waals surface area contributed by atoms with Crippen LogP contribution in [0.5, 0.6) is 11.5 Å². The van der Waals surface area contributed by atoms with Gasteiger partial charge >= 0.3 is 0 Å². The zero-order valence-electron chi connectivity index (χ0n) is 16.1. The van der Waals surface area contributed by atoms with Gasteiger partial charge in [-0.3, -0.25) is 5.32 Å². The molecule has 2 unspecified atom stereocenters. The van der Waals surface area contributed by atoms with Crippen molar-refractivity contribution in [3.05, 3.63) is 100 Å². The summed E-state index contributed by atoms with van der Waals surface area (Å²) < 4.78 is 6.59. The molecule has 3 aromatic carbocycles. The Kier molecular flexibility index (Phi) is 5.88. The Morgan fingerprint density at radius 3 is 2.52 bits per heavy atom. The van der Waals surface area contributed by atoms with Crippen LogP contribution in [-0.4, -0.2) is 11.7 Å². The van der Waals surface area contributed by atoms with Gasteiger partial charge in [0, 0.05) is 15.7 Å². The molecule has 0 bridgehead atoms. The summed E-state index contributed by atoms with van der Waals surface area (Å²) in [7, 11) is 0. The topological polar surface area (TPSA) is 53.5 Å². The Bertz CT molecular complexity index is 1020. The second-order valence-corrected chi connectivity index (χ2v) is 7.79. The van der Waals surface area contributed by atoms with Gasteiger partial charge in [0.05, 0.1) is 12.6 Å². The molecule has 0 aromatic heterocycles. The van der Waals surface area contributed by atoms with Gasteiger partial charge in [-0.15, -0.1) is 0 Å². The van der Waals surface area contributed by atoms with Crippen LogP contribution < -0.4 is 15.4 Å². The fourth-order valence-electron chi connectivity index (χ4n) is 3.51. The molecule has 3 N–H and O–H groups in total. The molecular formula is C24H23BrN2O2. The smallest absolute Gasteiger partial charge is 0.120 e. The third-order valence-electron chi connectivity index (χ3n) is 4.91. The highest BCUT2D eigenvalue weighted by Crippen LogP contribution is 2.33. The average Bonchev–Trinajstić information content (AvgIpc) is 2.74. The first-order chi connectivity index (χ1) is 14.1. The minimum absolute atomic E-state index is 0.108. The highest BCUT2D eigenvalue weighted by molar-refractivity contribution is 9.10. The molecule has 0 saturated heterocycles. The summed E-state index contributed by atoms with van der Waals surface area (Å²) >= 11 is 3.56. The summed E-state index contributed by atoms with van der Waals surface area (Å²) in [5, 5.41) is 17.6. The molecule has 0 radical (unpaired) electrons. The summed E-state index contributed by atoms with van der Waals surface area (Å²) in [6.45, 7) is 2.62. The van der Waals surface area contributed by atoms with Crippen molar-refractivity contribution in [1.82, 2.24) is 10.6 Å². The number of hydrogen-bond donors (Lipinski definition) is 3. The number of hydrogen-bond acceptors (Lipinski definition) is 4. The van der Waals surface area contributed by atoms with Crippen LogP contribution in [0.4, 0.5) is 0 Å². The number of nitrogens with one attached hydrogen (secondary N) is 2. The standard InChI is InChI=1S/C24H23BrN2O2/c1-2-29-19-12-10-16(11-13-19)21-15-22(20-8-3-4-9-23(20)28)27-24(26-21)17-6-5-7-18(25)14-17/h3-15,22,24,26-28H,2H2,1H3. The fraction of sp³-hybridized carbons (Fsp3) is 0.167. The van der Waals surface area contributed by atoms with E-state index in [2.05, 4.69) is 56.9 Å². The predicted octanol–water partition coefficient (Wildman–Crippen LogP) is 5.53. The highest BCUT2D eigenvalue weighted by Gasteiger charge is 2.25. The second-order valence-electron chi connectivity index (χ2n) is 6.87. The minimum atomic E-state index is -0.136. The van der Waals surface area contributed by atoms with Gasteiger partial charge < -0.3 is 15.2 Å². The lowest BCUT2D eigenvalue weighted by molar-refractivity contribution is 0.340. The lowest BCUT2D eigenvalue weighted by Gasteiger charge is -2.33. The van der Waals surface area contributed by atoms with Crippen LogP contribution in [0.15, 0.2) is 83.3 Å². The SMILES string of the molecule is CCOc1ccc(C2=CC(c3ccccc3O)NC(c3cccc(Br)c3)N2)cc1. The lowest BCUT2D eigenvalue weighted by atomic mass is 9.98. The second kappa shape index (κ2) is 8.72. The molecule has 1 aliphatic heterocycles. The molecule has 0 aliphatic carbocycles. The van der Waals surface area contributed by atoms with Gasteiger partial charge in [-0.1, -0.05) is 46.3 Å². The monoisotopic (exact) mass is 450 g/mol. The van der Waals surface area contributed by atoms with Gasteiger partial charge in [0.25, 0.3) is 0 Å². The van der Waals surface area contributed by atoms with Gasteiger partial charge in [0.1, 0.15) is 17.7 Å². The van der Waals surface area contributed by atoms with Gasteiger partial charge in [-0.25, -0.2) is 0 Å². The summed E-state index contributed by atoms with van der Waals surface area (Å²) in [5.41, 5.74) is 4.02. The van der Waals surface area contributed by atoms with E-state index < -0.39 is 0 Å². The number of halogens is 1. The van der Waals surface area contributed by atoms with Crippen molar-refractivity contribution >= 4 is 21.6 Å². The van der Waals surface area contributed by atoms with E-state index in [9.17, 15) is 5.11 Å². The van der Waals surface area contributed by atoms with Gasteiger partial charge in [-0.2, -0.15) is 0 Å². The number of phenolic OH excluding ortho intramolecular Hbond substituents is 1. The molecule has 4 nitrogen and oxygen atoms in total. The van der Waals surface area contributed by atoms with E-state index in [-0.39, 0.29) is 18.0 Å². The van der Waals surface area contributed by atoms with Gasteiger partial charge in [-0.05, 0) is 66.6 Å². The molecule has 0 amide bonds. The van der Waals surface area contributed by atoms with Crippen molar-refractivity contribution in [1.29, 1.82) is 0 Å². The van der Waals surface area contributed by atoms with Crippen molar-refractivity contribution in [3.8, 4) is 11.5 Å². The maximum Gasteiger partial charge on any atom is 0.120 e. The van der Waals surface area contributed by atoms with Crippen LogP contribution in [0.3, 0.4) is 0 Å². The average molecular weight is 451 g/mol. The summed E-state index contributed by atoms with van der Waals surface area (Å²) in [5.74, 6) is 1.13. The van der Waals surface area contributed by atoms with E-state index >= 15 is 0 Å². The number of aromatic hydroxyl groups is 1. The Balaban J connectivity index is 1.72. The van der Waals surface area contributed by atoms with E-state index in [1.807, 2.05) is 49.4 Å². The van der Waals surface area contributed by atoms with E-state index in [0.717, 1.165) is 32.6 Å². The molecule has 1 heterocycles. The molecule has 148 valence electrons. The molecule has 29 heavy (non-hydrogen) atoms. The van der Waals surface area contributed by atoms with E-state index in [1.165, 1.54) is 0 Å². The van der Waals surface area contributed by atoms with Gasteiger partial charge in [0.2, 0.25) is 0 Å². The Labute approximate surface area is 179 Å². The molecule has 5 heteroatoms. The molecule has 0 fully saturated rings. The van der Waals surface area contributed by atoms with Crippen LogP contribution in [0.1, 0.15) is 35.8 Å². The normalized spacial score (nSPS) is 18.6. The third kappa shape index (κ3) is 4.47.